The lowest BCUT2D eigenvalue weighted by Crippen LogP contribution is -2.26. The monoisotopic (exact) mass is 352 g/mol. The fourth-order valence-electron chi connectivity index (χ4n) is 3.40. The van der Waals surface area contributed by atoms with Crippen LogP contribution in [-0.2, 0) is 19.4 Å². The molecule has 4 heterocycles. The summed E-state index contributed by atoms with van der Waals surface area (Å²) in [5.74, 6) is 1.82. The second kappa shape index (κ2) is 7.25. The molecule has 0 saturated carbocycles. The van der Waals surface area contributed by atoms with Gasteiger partial charge in [0.25, 0.3) is 0 Å². The van der Waals surface area contributed by atoms with E-state index in [0.29, 0.717) is 0 Å². The van der Waals surface area contributed by atoms with Crippen LogP contribution in [0.3, 0.4) is 0 Å². The predicted octanol–water partition coefficient (Wildman–Crippen LogP) is 2.01. The maximum absolute atomic E-state index is 4.54. The molecule has 0 unspecified atom stereocenters. The van der Waals surface area contributed by atoms with Gasteiger partial charge in [-0.1, -0.05) is 0 Å². The fraction of sp³-hybridized carbons (Fsp3) is 0.444. The smallest absolute Gasteiger partial charge is 0.133 e. The molecule has 1 aliphatic rings. The van der Waals surface area contributed by atoms with Crippen LogP contribution in [-0.4, -0.2) is 47.9 Å². The van der Waals surface area contributed by atoms with Gasteiger partial charge in [0.05, 0.1) is 23.8 Å². The largest absolute Gasteiger partial charge is 0.360 e. The molecule has 0 aliphatic carbocycles. The lowest BCUT2D eigenvalue weighted by atomic mass is 10.1. The van der Waals surface area contributed by atoms with Crippen molar-refractivity contribution in [1.82, 2.24) is 34.8 Å². The molecule has 4 rings (SSSR count). The lowest BCUT2D eigenvalue weighted by molar-refractivity contribution is 0.275. The van der Waals surface area contributed by atoms with Gasteiger partial charge in [-0.25, -0.2) is 19.9 Å². The Kier molecular flexibility index (Phi) is 4.66. The molecule has 0 bridgehead atoms. The summed E-state index contributed by atoms with van der Waals surface area (Å²) < 4.78 is 0. The number of hydrogen-bond acceptors (Lipinski definition) is 6. The molecule has 0 fully saturated rings. The Balaban J connectivity index is 1.48. The van der Waals surface area contributed by atoms with Gasteiger partial charge < -0.3 is 15.3 Å². The Hall–Kier alpha value is -2.74. The van der Waals surface area contributed by atoms with E-state index < -0.39 is 0 Å². The number of fused-ring (bicyclic) bond motifs is 1. The van der Waals surface area contributed by atoms with Gasteiger partial charge in [-0.15, -0.1) is 0 Å². The second-order valence-corrected chi connectivity index (χ2v) is 6.74. The summed E-state index contributed by atoms with van der Waals surface area (Å²) in [6.45, 7) is 6.96. The number of aromatic nitrogens is 6. The third-order valence-electron chi connectivity index (χ3n) is 4.97. The fourth-order valence-corrected chi connectivity index (χ4v) is 3.40. The number of nitrogens with one attached hydrogen (secondary N) is 3. The van der Waals surface area contributed by atoms with Crippen molar-refractivity contribution in [2.75, 3.05) is 18.4 Å². The van der Waals surface area contributed by atoms with Crippen LogP contribution in [0.2, 0.25) is 0 Å². The minimum absolute atomic E-state index is 0.0649. The maximum Gasteiger partial charge on any atom is 0.133 e. The molecule has 3 N–H and O–H groups in total. The summed E-state index contributed by atoms with van der Waals surface area (Å²) in [6.07, 6.45) is 8.87. The van der Waals surface area contributed by atoms with Crippen molar-refractivity contribution in [3.8, 4) is 0 Å². The summed E-state index contributed by atoms with van der Waals surface area (Å²) in [7, 11) is 0. The van der Waals surface area contributed by atoms with E-state index in [2.05, 4.69) is 54.0 Å². The molecular weight excluding hydrogens is 328 g/mol. The molecule has 3 aromatic heterocycles. The van der Waals surface area contributed by atoms with Gasteiger partial charge in [-0.05, 0) is 20.3 Å². The first-order chi connectivity index (χ1) is 12.7. The number of imidazole rings is 2. The molecule has 26 heavy (non-hydrogen) atoms. The van der Waals surface area contributed by atoms with Crippen molar-refractivity contribution in [3.05, 3.63) is 53.5 Å². The molecule has 0 spiro atoms. The van der Waals surface area contributed by atoms with Crippen LogP contribution < -0.4 is 5.32 Å². The van der Waals surface area contributed by atoms with E-state index in [0.717, 1.165) is 61.2 Å². The van der Waals surface area contributed by atoms with Crippen molar-refractivity contribution in [2.45, 2.75) is 39.3 Å². The van der Waals surface area contributed by atoms with Crippen molar-refractivity contribution < 1.29 is 0 Å². The summed E-state index contributed by atoms with van der Waals surface area (Å²) in [6, 6.07) is 0.0649. The van der Waals surface area contributed by atoms with E-state index in [1.54, 1.807) is 18.9 Å². The predicted molar refractivity (Wildman–Crippen MR) is 98.7 cm³/mol. The number of aromatic amines is 2. The van der Waals surface area contributed by atoms with Crippen LogP contribution in [0.1, 0.15) is 41.4 Å². The Morgan fingerprint density at radius 3 is 2.81 bits per heavy atom. The van der Waals surface area contributed by atoms with Gasteiger partial charge in [0, 0.05) is 49.7 Å². The number of H-pyrrole nitrogens is 2. The van der Waals surface area contributed by atoms with Crippen molar-refractivity contribution >= 4 is 5.82 Å². The molecule has 3 aromatic rings. The average Bonchev–Trinajstić information content (AvgIpc) is 3.26. The Bertz CT molecular complexity index is 854. The minimum atomic E-state index is 0.0649. The molecule has 0 amide bonds. The number of nitrogens with zero attached hydrogens (tertiary/aromatic N) is 5. The minimum Gasteiger partial charge on any atom is -0.360 e. The summed E-state index contributed by atoms with van der Waals surface area (Å²) in [5.41, 5.74) is 4.61. The van der Waals surface area contributed by atoms with Gasteiger partial charge in [0.15, 0.2) is 0 Å². The van der Waals surface area contributed by atoms with Crippen LogP contribution in [0.4, 0.5) is 5.82 Å². The van der Waals surface area contributed by atoms with Crippen LogP contribution in [0.25, 0.3) is 0 Å². The summed E-state index contributed by atoms with van der Waals surface area (Å²) in [4.78, 5) is 26.5. The normalized spacial score (nSPS) is 16.1. The third kappa shape index (κ3) is 3.45. The zero-order valence-corrected chi connectivity index (χ0v) is 15.2. The SMILES string of the molecule is Cc1[nH]cnc1CN1CCc2ncnc(N[C@@H](C)c3ncc[nH]3)c2CC1. The Morgan fingerprint density at radius 2 is 2.04 bits per heavy atom. The molecule has 8 nitrogen and oxygen atoms in total. The van der Waals surface area contributed by atoms with Gasteiger partial charge >= 0.3 is 0 Å². The van der Waals surface area contributed by atoms with E-state index >= 15 is 0 Å². The first kappa shape index (κ1) is 16.7. The molecule has 8 heteroatoms. The molecule has 1 atom stereocenters. The standard InChI is InChI=1S/C18H24N8/c1-12-16(23-10-21-12)9-26-7-3-14-15(4-8-26)22-11-24-18(14)25-13(2)17-19-5-6-20-17/h5-6,10-11,13H,3-4,7-9H2,1-2H3,(H,19,20)(H,21,23)(H,22,24,25)/t13-/m0/s1. The van der Waals surface area contributed by atoms with E-state index in [1.165, 1.54) is 5.56 Å². The molecule has 0 radical (unpaired) electrons. The van der Waals surface area contributed by atoms with Crippen molar-refractivity contribution in [2.24, 2.45) is 0 Å². The Labute approximate surface area is 152 Å². The van der Waals surface area contributed by atoms with Crippen LogP contribution in [0, 0.1) is 6.92 Å². The summed E-state index contributed by atoms with van der Waals surface area (Å²) >= 11 is 0. The molecule has 136 valence electrons. The van der Waals surface area contributed by atoms with Crippen LogP contribution >= 0.6 is 0 Å². The second-order valence-electron chi connectivity index (χ2n) is 6.74. The number of aryl methyl sites for hydroxylation is 1. The molecular formula is C18H24N8. The lowest BCUT2D eigenvalue weighted by Gasteiger charge is -2.19. The topological polar surface area (TPSA) is 98.4 Å². The highest BCUT2D eigenvalue weighted by atomic mass is 15.1. The molecule has 0 saturated heterocycles. The quantitative estimate of drug-likeness (QED) is 0.650. The van der Waals surface area contributed by atoms with E-state index in [-0.39, 0.29) is 6.04 Å². The zero-order valence-electron chi connectivity index (χ0n) is 15.2. The van der Waals surface area contributed by atoms with Crippen LogP contribution in [0.15, 0.2) is 25.0 Å². The number of hydrogen-bond donors (Lipinski definition) is 3. The molecule has 0 aromatic carbocycles. The van der Waals surface area contributed by atoms with Gasteiger partial charge in [-0.3, -0.25) is 4.90 Å². The highest BCUT2D eigenvalue weighted by Gasteiger charge is 2.21. The van der Waals surface area contributed by atoms with Crippen LogP contribution in [0.5, 0.6) is 0 Å². The summed E-state index contributed by atoms with van der Waals surface area (Å²) in [5, 5.41) is 3.49. The zero-order chi connectivity index (χ0) is 17.9. The van der Waals surface area contributed by atoms with Gasteiger partial charge in [0.1, 0.15) is 18.0 Å². The number of rotatable bonds is 5. The number of anilines is 1. The molecule has 1 aliphatic heterocycles. The van der Waals surface area contributed by atoms with Gasteiger partial charge in [-0.2, -0.15) is 0 Å². The highest BCUT2D eigenvalue weighted by molar-refractivity contribution is 5.47. The van der Waals surface area contributed by atoms with E-state index in [9.17, 15) is 0 Å². The first-order valence-corrected chi connectivity index (χ1v) is 9.00. The van der Waals surface area contributed by atoms with Crippen molar-refractivity contribution in [1.29, 1.82) is 0 Å². The maximum atomic E-state index is 4.54. The van der Waals surface area contributed by atoms with Crippen molar-refractivity contribution in [3.63, 3.8) is 0 Å². The van der Waals surface area contributed by atoms with Gasteiger partial charge in [0.2, 0.25) is 0 Å². The first-order valence-electron chi connectivity index (χ1n) is 9.00. The Morgan fingerprint density at radius 1 is 1.15 bits per heavy atom. The average molecular weight is 352 g/mol. The highest BCUT2D eigenvalue weighted by Crippen LogP contribution is 2.24. The van der Waals surface area contributed by atoms with E-state index in [1.807, 2.05) is 6.20 Å². The third-order valence-corrected chi connectivity index (χ3v) is 4.97. The van der Waals surface area contributed by atoms with E-state index in [4.69, 9.17) is 0 Å².